The van der Waals surface area contributed by atoms with Crippen LogP contribution in [0.15, 0.2) is 91.0 Å². The number of piperazine rings is 1. The number of nitrogens with zero attached hydrogens (tertiary/aromatic N) is 5. The van der Waals surface area contributed by atoms with Gasteiger partial charge in [-0.15, -0.1) is 10.2 Å². The van der Waals surface area contributed by atoms with Crippen LogP contribution in [-0.2, 0) is 4.79 Å². The Morgan fingerprint density at radius 3 is 1.98 bits per heavy atom. The predicted octanol–water partition coefficient (Wildman–Crippen LogP) is 4.71. The summed E-state index contributed by atoms with van der Waals surface area (Å²) >= 11 is 0. The molecule has 1 saturated heterocycles. The summed E-state index contributed by atoms with van der Waals surface area (Å²) in [6.07, 6.45) is 0. The van der Waals surface area contributed by atoms with E-state index in [4.69, 9.17) is 9.47 Å². The van der Waals surface area contributed by atoms with Crippen LogP contribution in [0.25, 0.3) is 11.3 Å². The van der Waals surface area contributed by atoms with Crippen LogP contribution < -0.4 is 14.4 Å². The maximum absolute atomic E-state index is 13.7. The predicted molar refractivity (Wildman–Crippen MR) is 162 cm³/mol. The molecule has 4 aromatic rings. The van der Waals surface area contributed by atoms with E-state index in [1.54, 1.807) is 43.4 Å². The van der Waals surface area contributed by atoms with E-state index in [1.807, 2.05) is 78.6 Å². The van der Waals surface area contributed by atoms with Crippen LogP contribution in [0.5, 0.6) is 11.5 Å². The van der Waals surface area contributed by atoms with Gasteiger partial charge >= 0.3 is 0 Å². The molecule has 1 fully saturated rings. The average molecular weight is 566 g/mol. The van der Waals surface area contributed by atoms with Crippen molar-refractivity contribution in [2.45, 2.75) is 13.0 Å². The first kappa shape index (κ1) is 28.6. The van der Waals surface area contributed by atoms with Crippen molar-refractivity contribution in [1.82, 2.24) is 20.0 Å². The van der Waals surface area contributed by atoms with Gasteiger partial charge in [0.05, 0.1) is 26.0 Å². The van der Waals surface area contributed by atoms with Crippen molar-refractivity contribution in [3.8, 4) is 22.8 Å². The zero-order valence-corrected chi connectivity index (χ0v) is 24.1. The Morgan fingerprint density at radius 1 is 0.786 bits per heavy atom. The van der Waals surface area contributed by atoms with Crippen LogP contribution in [0.1, 0.15) is 28.9 Å². The summed E-state index contributed by atoms with van der Waals surface area (Å²) in [5.74, 6) is 1.95. The molecule has 0 aliphatic carbocycles. The van der Waals surface area contributed by atoms with Gasteiger partial charge in [-0.25, -0.2) is 0 Å². The third-order valence-electron chi connectivity index (χ3n) is 7.65. The Labute approximate surface area is 246 Å². The van der Waals surface area contributed by atoms with Crippen LogP contribution >= 0.6 is 0 Å². The molecular formula is C33H35N5O4. The van der Waals surface area contributed by atoms with Crippen LogP contribution in [0.4, 0.5) is 5.82 Å². The molecule has 216 valence electrons. The molecule has 0 saturated carbocycles. The number of methoxy groups -OCH3 is 2. The molecule has 0 bridgehead atoms. The van der Waals surface area contributed by atoms with Crippen LogP contribution in [0.2, 0.25) is 0 Å². The summed E-state index contributed by atoms with van der Waals surface area (Å²) in [6.45, 7) is 4.26. The number of hydrogen-bond donors (Lipinski definition) is 0. The third-order valence-corrected chi connectivity index (χ3v) is 7.65. The molecule has 3 aromatic carbocycles. The summed E-state index contributed by atoms with van der Waals surface area (Å²) in [5, 5.41) is 8.86. The number of carbonyl (C=O) groups excluding carboxylic acids is 2. The van der Waals surface area contributed by atoms with Gasteiger partial charge in [0, 0.05) is 37.3 Å². The van der Waals surface area contributed by atoms with Crippen molar-refractivity contribution >= 4 is 17.6 Å². The van der Waals surface area contributed by atoms with Crippen molar-refractivity contribution in [3.05, 3.63) is 102 Å². The number of aromatic nitrogens is 2. The maximum atomic E-state index is 13.7. The molecule has 0 unspecified atom stereocenters. The molecular weight excluding hydrogens is 530 g/mol. The molecule has 0 radical (unpaired) electrons. The fraction of sp³-hybridized carbons (Fsp3) is 0.273. The Balaban J connectivity index is 1.24. The highest BCUT2D eigenvalue weighted by molar-refractivity contribution is 5.97. The van der Waals surface area contributed by atoms with Crippen molar-refractivity contribution in [2.75, 3.05) is 51.8 Å². The number of hydrogen-bond acceptors (Lipinski definition) is 7. The van der Waals surface area contributed by atoms with E-state index in [-0.39, 0.29) is 24.4 Å². The quantitative estimate of drug-likeness (QED) is 0.290. The van der Waals surface area contributed by atoms with E-state index in [9.17, 15) is 9.59 Å². The lowest BCUT2D eigenvalue weighted by molar-refractivity contribution is -0.132. The molecule has 0 spiro atoms. The number of carbonyl (C=O) groups is 2. The highest BCUT2D eigenvalue weighted by atomic mass is 16.5. The zero-order valence-electron chi connectivity index (χ0n) is 24.1. The lowest BCUT2D eigenvalue weighted by Crippen LogP contribution is -2.52. The fourth-order valence-electron chi connectivity index (χ4n) is 5.04. The Morgan fingerprint density at radius 2 is 1.40 bits per heavy atom. The van der Waals surface area contributed by atoms with Gasteiger partial charge in [-0.3, -0.25) is 9.59 Å². The molecule has 9 heteroatoms. The van der Waals surface area contributed by atoms with E-state index in [0.717, 1.165) is 28.4 Å². The summed E-state index contributed by atoms with van der Waals surface area (Å²) in [7, 11) is 3.23. The Kier molecular flexibility index (Phi) is 8.96. The minimum absolute atomic E-state index is 0.0166. The first-order valence-electron chi connectivity index (χ1n) is 14.0. The SMILES string of the molecule is COc1ccc(C(=O)N(CC(=O)N2CCN(c3ccc(-c4ccc(OC)cc4)nn3)CC2)[C@H](C)c2ccccc2)cc1. The Hall–Kier alpha value is -4.92. The van der Waals surface area contributed by atoms with Crippen molar-refractivity contribution < 1.29 is 19.1 Å². The zero-order chi connectivity index (χ0) is 29.5. The molecule has 2 heterocycles. The van der Waals surface area contributed by atoms with Crippen LogP contribution in [0.3, 0.4) is 0 Å². The Bertz CT molecular complexity index is 1470. The van der Waals surface area contributed by atoms with Gasteiger partial charge in [-0.2, -0.15) is 0 Å². The van der Waals surface area contributed by atoms with Crippen molar-refractivity contribution in [1.29, 1.82) is 0 Å². The number of anilines is 1. The normalized spacial score (nSPS) is 13.8. The second-order valence-electron chi connectivity index (χ2n) is 10.1. The topological polar surface area (TPSA) is 88.1 Å². The molecule has 1 aliphatic rings. The van der Waals surface area contributed by atoms with Gasteiger partial charge in [0.2, 0.25) is 5.91 Å². The molecule has 1 atom stereocenters. The number of amides is 2. The van der Waals surface area contributed by atoms with E-state index in [2.05, 4.69) is 15.1 Å². The highest BCUT2D eigenvalue weighted by Crippen LogP contribution is 2.25. The van der Waals surface area contributed by atoms with Gasteiger partial charge in [0.1, 0.15) is 18.0 Å². The van der Waals surface area contributed by atoms with E-state index >= 15 is 0 Å². The summed E-state index contributed by atoms with van der Waals surface area (Å²) in [5.41, 5.74) is 3.22. The third kappa shape index (κ3) is 6.52. The summed E-state index contributed by atoms with van der Waals surface area (Å²) < 4.78 is 10.5. The molecule has 5 rings (SSSR count). The molecule has 1 aromatic heterocycles. The lowest BCUT2D eigenvalue weighted by atomic mass is 10.1. The smallest absolute Gasteiger partial charge is 0.254 e. The van der Waals surface area contributed by atoms with Crippen molar-refractivity contribution in [2.24, 2.45) is 0 Å². The monoisotopic (exact) mass is 565 g/mol. The first-order chi connectivity index (χ1) is 20.5. The van der Waals surface area contributed by atoms with Crippen LogP contribution in [-0.4, -0.2) is 78.8 Å². The summed E-state index contributed by atoms with van der Waals surface area (Å²) in [4.78, 5) is 32.8. The number of ether oxygens (including phenoxy) is 2. The molecule has 0 N–H and O–H groups in total. The minimum Gasteiger partial charge on any atom is -0.497 e. The van der Waals surface area contributed by atoms with Crippen LogP contribution in [0, 0.1) is 0 Å². The van der Waals surface area contributed by atoms with Gasteiger partial charge in [-0.1, -0.05) is 30.3 Å². The summed E-state index contributed by atoms with van der Waals surface area (Å²) in [6, 6.07) is 28.1. The van der Waals surface area contributed by atoms with Gasteiger partial charge < -0.3 is 24.2 Å². The average Bonchev–Trinajstić information content (AvgIpc) is 3.07. The van der Waals surface area contributed by atoms with Gasteiger partial charge in [0.15, 0.2) is 5.82 Å². The van der Waals surface area contributed by atoms with E-state index in [1.165, 1.54) is 0 Å². The number of benzene rings is 3. The highest BCUT2D eigenvalue weighted by Gasteiger charge is 2.29. The first-order valence-corrected chi connectivity index (χ1v) is 14.0. The second-order valence-corrected chi connectivity index (χ2v) is 10.1. The minimum atomic E-state index is -0.287. The largest absolute Gasteiger partial charge is 0.497 e. The molecule has 9 nitrogen and oxygen atoms in total. The van der Waals surface area contributed by atoms with Crippen molar-refractivity contribution in [3.63, 3.8) is 0 Å². The van der Waals surface area contributed by atoms with E-state index < -0.39 is 0 Å². The molecule has 2 amide bonds. The molecule has 1 aliphatic heterocycles. The van der Waals surface area contributed by atoms with E-state index in [0.29, 0.717) is 37.5 Å². The standard InChI is InChI=1S/C33H35N5O4/c1-24(25-7-5-4-6-8-25)38(33(40)27-11-15-29(42-3)16-12-27)23-32(39)37-21-19-36(20-22-37)31-18-17-30(34-35-31)26-9-13-28(41-2)14-10-26/h4-18,24H,19-23H2,1-3H3/t24-/m1/s1. The van der Waals surface area contributed by atoms with Gasteiger partial charge in [0.25, 0.3) is 5.91 Å². The number of rotatable bonds is 9. The van der Waals surface area contributed by atoms with Gasteiger partial charge in [-0.05, 0) is 73.2 Å². The fourth-order valence-corrected chi connectivity index (χ4v) is 5.04. The molecule has 42 heavy (non-hydrogen) atoms. The lowest BCUT2D eigenvalue weighted by Gasteiger charge is -2.37. The second kappa shape index (κ2) is 13.2. The maximum Gasteiger partial charge on any atom is 0.254 e.